The molecule has 0 spiro atoms. The van der Waals surface area contributed by atoms with E-state index in [4.69, 9.17) is 0 Å². The second kappa shape index (κ2) is 9.38. The smallest absolute Gasteiger partial charge is 0.101 e. The number of H-pyrrole nitrogens is 1. The Morgan fingerprint density at radius 2 is 1.35 bits per heavy atom. The molecule has 0 saturated heterocycles. The van der Waals surface area contributed by atoms with Gasteiger partial charge in [-0.2, -0.15) is 0 Å². The molecule has 1 radical (unpaired) electrons. The molecule has 0 aliphatic heterocycles. The number of benzene rings is 5. The summed E-state index contributed by atoms with van der Waals surface area (Å²) in [6.45, 7) is 0. The summed E-state index contributed by atoms with van der Waals surface area (Å²) in [6, 6.07) is 33.2. The maximum absolute atomic E-state index is 9.80. The molecule has 2 N–H and O–H groups in total. The molecule has 0 bridgehead atoms. The number of nitrogens with zero attached hydrogens (tertiary/aromatic N) is 1. The van der Waals surface area contributed by atoms with Gasteiger partial charge in [0.05, 0.1) is 0 Å². The van der Waals surface area contributed by atoms with Crippen LogP contribution in [-0.2, 0) is 32.7 Å². The number of para-hydroxylation sites is 1. The van der Waals surface area contributed by atoms with Crippen LogP contribution in [0.5, 0.6) is 5.75 Å². The molecule has 163 valence electrons. The minimum Gasteiger partial charge on any atom is -0.683 e. The van der Waals surface area contributed by atoms with Crippen molar-refractivity contribution in [3.8, 4) is 5.75 Å². The molecule has 7 aromatic rings. The van der Waals surface area contributed by atoms with Gasteiger partial charge >= 0.3 is 0 Å². The number of fused-ring (bicyclic) bond motifs is 8. The topological polar surface area (TPSA) is 50.1 Å². The van der Waals surface area contributed by atoms with Gasteiger partial charge in [0.15, 0.2) is 0 Å². The Bertz CT molecular complexity index is 1780. The molecule has 0 saturated carbocycles. The molecule has 5 heteroatoms. The van der Waals surface area contributed by atoms with Gasteiger partial charge in [-0.25, -0.2) is 0 Å². The zero-order valence-electron chi connectivity index (χ0n) is 18.6. The van der Waals surface area contributed by atoms with Gasteiger partial charge in [-0.3, -0.25) is 0 Å². The second-order valence-corrected chi connectivity index (χ2v) is 9.09. The Morgan fingerprint density at radius 3 is 2.18 bits per heavy atom. The first-order valence-corrected chi connectivity index (χ1v) is 11.7. The van der Waals surface area contributed by atoms with Crippen molar-refractivity contribution in [2.75, 3.05) is 7.05 Å². The van der Waals surface area contributed by atoms with Crippen LogP contribution in [0, 0.1) is 0 Å². The third-order valence-electron chi connectivity index (χ3n) is 6.11. The fourth-order valence-electron chi connectivity index (χ4n) is 4.64. The first-order chi connectivity index (χ1) is 16.2. The summed E-state index contributed by atoms with van der Waals surface area (Å²) >= 11 is 1.73. The molecule has 5 aromatic carbocycles. The van der Waals surface area contributed by atoms with Gasteiger partial charge in [-0.05, 0) is 51.9 Å². The summed E-state index contributed by atoms with van der Waals surface area (Å²) in [5.41, 5.74) is 3.11. The zero-order chi connectivity index (χ0) is 22.4. The SMILES string of the molecule is C[N-]c1c(O)ccc2sc3ccccc3c12.[Y].c1ccc2c(c1)ccc1[nH]c3ccccc3c12. The Hall–Kier alpha value is -2.92. The van der Waals surface area contributed by atoms with Gasteiger partial charge in [0.25, 0.3) is 0 Å². The minimum atomic E-state index is 0. The fourth-order valence-corrected chi connectivity index (χ4v) is 5.74. The number of nitrogens with one attached hydrogen (secondary N) is 1. The van der Waals surface area contributed by atoms with Gasteiger partial charge in [0.1, 0.15) is 5.75 Å². The van der Waals surface area contributed by atoms with Gasteiger partial charge < -0.3 is 15.4 Å². The van der Waals surface area contributed by atoms with E-state index in [9.17, 15) is 5.11 Å². The Kier molecular flexibility index (Phi) is 6.31. The summed E-state index contributed by atoms with van der Waals surface area (Å²) in [4.78, 5) is 3.47. The van der Waals surface area contributed by atoms with Crippen LogP contribution >= 0.6 is 11.3 Å². The molecule has 0 amide bonds. The van der Waals surface area contributed by atoms with Crippen molar-refractivity contribution < 1.29 is 37.8 Å². The minimum absolute atomic E-state index is 0. The molecular formula is C29H21N2OSY-. The number of aromatic nitrogens is 1. The van der Waals surface area contributed by atoms with E-state index in [1.807, 2.05) is 18.2 Å². The molecule has 0 unspecified atom stereocenters. The summed E-state index contributed by atoms with van der Waals surface area (Å²) in [5.74, 6) is 0.249. The van der Waals surface area contributed by atoms with Crippen LogP contribution in [0.25, 0.3) is 58.1 Å². The first kappa shape index (κ1) is 22.9. The van der Waals surface area contributed by atoms with E-state index >= 15 is 0 Å². The van der Waals surface area contributed by atoms with Crippen molar-refractivity contribution in [1.82, 2.24) is 4.98 Å². The molecule has 0 fully saturated rings. The quantitative estimate of drug-likeness (QED) is 0.217. The molecule has 7 rings (SSSR count). The first-order valence-electron chi connectivity index (χ1n) is 10.9. The van der Waals surface area contributed by atoms with Crippen LogP contribution in [0.2, 0.25) is 0 Å². The summed E-state index contributed by atoms with van der Waals surface area (Å²) in [6.07, 6.45) is 0. The van der Waals surface area contributed by atoms with Crippen LogP contribution in [0.4, 0.5) is 5.69 Å². The molecule has 34 heavy (non-hydrogen) atoms. The standard InChI is InChI=1S/C16H11N.C13H10NOS.Y/c1-2-6-12-11(5-1)9-10-15-16(12)13-7-3-4-8-14(13)17-15;1-14-13-9(15)6-7-11-12(13)8-4-2-3-5-10(8)16-11;/h1-10,17H;2-7,15H,1H3;/q;-1;. The predicted molar refractivity (Wildman–Crippen MR) is 143 cm³/mol. The number of rotatable bonds is 1. The molecule has 2 heterocycles. The van der Waals surface area contributed by atoms with Crippen molar-refractivity contribution in [3.63, 3.8) is 0 Å². The number of aromatic hydroxyl groups is 1. The Morgan fingerprint density at radius 1 is 0.647 bits per heavy atom. The van der Waals surface area contributed by atoms with Crippen molar-refractivity contribution in [2.24, 2.45) is 0 Å². The third kappa shape index (κ3) is 3.76. The van der Waals surface area contributed by atoms with E-state index in [1.54, 1.807) is 24.5 Å². The largest absolute Gasteiger partial charge is 0.683 e. The average molecular weight is 534 g/mol. The maximum atomic E-state index is 9.80. The van der Waals surface area contributed by atoms with Gasteiger partial charge in [-0.1, -0.05) is 72.4 Å². The van der Waals surface area contributed by atoms with Crippen molar-refractivity contribution >= 4 is 69.8 Å². The fraction of sp³-hybridized carbons (Fsp3) is 0.0345. The maximum Gasteiger partial charge on any atom is 0.101 e. The Labute approximate surface area is 226 Å². The van der Waals surface area contributed by atoms with E-state index in [0.717, 1.165) is 5.39 Å². The van der Waals surface area contributed by atoms with Crippen LogP contribution in [0.3, 0.4) is 0 Å². The predicted octanol–water partition coefficient (Wildman–Crippen LogP) is 8.87. The molecule has 0 aliphatic carbocycles. The van der Waals surface area contributed by atoms with E-state index in [-0.39, 0.29) is 38.5 Å². The van der Waals surface area contributed by atoms with Crippen molar-refractivity contribution in [1.29, 1.82) is 0 Å². The molecular weight excluding hydrogens is 513 g/mol. The van der Waals surface area contributed by atoms with Gasteiger partial charge in [0.2, 0.25) is 0 Å². The second-order valence-electron chi connectivity index (χ2n) is 8.01. The van der Waals surface area contributed by atoms with Crippen molar-refractivity contribution in [2.45, 2.75) is 0 Å². The number of hydrogen-bond acceptors (Lipinski definition) is 2. The third-order valence-corrected chi connectivity index (χ3v) is 7.25. The number of phenolic OH excluding ortho intramolecular Hbond substituents is 1. The molecule has 3 nitrogen and oxygen atoms in total. The van der Waals surface area contributed by atoms with Crippen LogP contribution in [-0.4, -0.2) is 17.1 Å². The van der Waals surface area contributed by atoms with E-state index in [0.29, 0.717) is 5.69 Å². The van der Waals surface area contributed by atoms with Crippen LogP contribution in [0.1, 0.15) is 0 Å². The van der Waals surface area contributed by atoms with Gasteiger partial charge in [-0.15, -0.1) is 18.4 Å². The number of aromatic amines is 1. The summed E-state index contributed by atoms with van der Waals surface area (Å²) in [7, 11) is 1.71. The number of thiophene rings is 1. The zero-order valence-corrected chi connectivity index (χ0v) is 22.3. The van der Waals surface area contributed by atoms with Crippen LogP contribution in [0.15, 0.2) is 97.1 Å². The summed E-state index contributed by atoms with van der Waals surface area (Å²) < 4.78 is 2.40. The normalized spacial score (nSPS) is 11.0. The number of hydrogen-bond donors (Lipinski definition) is 2. The molecule has 0 aliphatic rings. The van der Waals surface area contributed by atoms with Crippen molar-refractivity contribution in [3.05, 3.63) is 102 Å². The molecule has 0 atom stereocenters. The average Bonchev–Trinajstić information content (AvgIpc) is 3.43. The number of phenols is 1. The van der Waals surface area contributed by atoms with Crippen LogP contribution < -0.4 is 0 Å². The van der Waals surface area contributed by atoms with E-state index < -0.39 is 0 Å². The Balaban J connectivity index is 0.000000138. The molecule has 2 aromatic heterocycles. The summed E-state index contributed by atoms with van der Waals surface area (Å²) in [5, 5.41) is 21.5. The van der Waals surface area contributed by atoms with E-state index in [1.165, 1.54) is 47.4 Å². The van der Waals surface area contributed by atoms with Gasteiger partial charge in [0, 0.05) is 63.9 Å². The van der Waals surface area contributed by atoms with E-state index in [2.05, 4.69) is 83.1 Å². The monoisotopic (exact) mass is 534 g/mol.